The molecule has 3 nitrogen and oxygen atoms in total. The van der Waals surface area contributed by atoms with Crippen LogP contribution in [-0.2, 0) is 4.74 Å². The highest BCUT2D eigenvalue weighted by Crippen LogP contribution is 2.45. The van der Waals surface area contributed by atoms with E-state index in [9.17, 15) is 4.79 Å². The van der Waals surface area contributed by atoms with Gasteiger partial charge >= 0.3 is 5.97 Å². The van der Waals surface area contributed by atoms with Crippen LogP contribution >= 0.6 is 11.3 Å². The summed E-state index contributed by atoms with van der Waals surface area (Å²) in [6, 6.07) is 0. The van der Waals surface area contributed by atoms with Gasteiger partial charge in [0.15, 0.2) is 5.69 Å². The molecule has 0 radical (unpaired) electrons. The number of aryl methyl sites for hydroxylation is 1. The molecule has 0 N–H and O–H groups in total. The van der Waals surface area contributed by atoms with Gasteiger partial charge in [-0.15, -0.1) is 11.3 Å². The molecule has 0 aromatic carbocycles. The Morgan fingerprint density at radius 2 is 1.85 bits per heavy atom. The molecule has 0 atom stereocenters. The van der Waals surface area contributed by atoms with E-state index in [-0.39, 0.29) is 5.97 Å². The van der Waals surface area contributed by atoms with E-state index in [4.69, 9.17) is 4.74 Å². The fourth-order valence-corrected chi connectivity index (χ4v) is 4.27. The Bertz CT molecular complexity index is 479. The molecule has 0 spiro atoms. The number of hydrogen-bond acceptors (Lipinski definition) is 4. The van der Waals surface area contributed by atoms with Gasteiger partial charge in [-0.25, -0.2) is 9.78 Å². The third-order valence-corrected chi connectivity index (χ3v) is 5.60. The van der Waals surface area contributed by atoms with E-state index >= 15 is 0 Å². The minimum absolute atomic E-state index is 0.290. The maximum absolute atomic E-state index is 11.8. The van der Waals surface area contributed by atoms with Crippen molar-refractivity contribution in [3.8, 4) is 0 Å². The number of methoxy groups -OCH3 is 1. The number of carbonyl (C=O) groups excluding carboxylic acids is 1. The van der Waals surface area contributed by atoms with E-state index < -0.39 is 0 Å². The number of carbonyl (C=O) groups is 1. The highest BCUT2D eigenvalue weighted by Gasteiger charge is 2.33. The van der Waals surface area contributed by atoms with E-state index in [1.54, 1.807) is 11.3 Å². The third-order valence-electron chi connectivity index (χ3n) is 4.46. The van der Waals surface area contributed by atoms with Crippen LogP contribution < -0.4 is 0 Å². The van der Waals surface area contributed by atoms with E-state index in [1.807, 2.05) is 6.92 Å². The third kappa shape index (κ3) is 3.22. The largest absolute Gasteiger partial charge is 0.464 e. The Hall–Kier alpha value is -0.900. The first kappa shape index (κ1) is 15.5. The van der Waals surface area contributed by atoms with Crippen LogP contribution in [0.5, 0.6) is 0 Å². The monoisotopic (exact) mass is 295 g/mol. The van der Waals surface area contributed by atoms with Crippen molar-refractivity contribution in [3.63, 3.8) is 0 Å². The SMILES string of the molecule is COC(=O)c1nc(C)sc1C1CCC(C(C)(C)C)CC1. The number of aromatic nitrogens is 1. The Morgan fingerprint density at radius 1 is 1.25 bits per heavy atom. The van der Waals surface area contributed by atoms with Gasteiger partial charge in [0.05, 0.1) is 12.1 Å². The molecule has 20 heavy (non-hydrogen) atoms. The molecule has 0 bridgehead atoms. The van der Waals surface area contributed by atoms with Crippen LogP contribution in [0, 0.1) is 18.3 Å². The van der Waals surface area contributed by atoms with Crippen LogP contribution in [0.25, 0.3) is 0 Å². The quantitative estimate of drug-likeness (QED) is 0.751. The molecule has 1 aliphatic rings. The van der Waals surface area contributed by atoms with E-state index in [0.717, 1.165) is 28.6 Å². The Labute approximate surface area is 125 Å². The Morgan fingerprint density at radius 3 is 2.35 bits per heavy atom. The lowest BCUT2D eigenvalue weighted by Gasteiger charge is -2.36. The van der Waals surface area contributed by atoms with Crippen molar-refractivity contribution in [2.24, 2.45) is 11.3 Å². The summed E-state index contributed by atoms with van der Waals surface area (Å²) in [5.74, 6) is 0.977. The summed E-state index contributed by atoms with van der Waals surface area (Å²) in [5, 5.41) is 0.957. The maximum atomic E-state index is 11.8. The number of ether oxygens (including phenoxy) is 1. The van der Waals surface area contributed by atoms with Crippen LogP contribution in [0.15, 0.2) is 0 Å². The summed E-state index contributed by atoms with van der Waals surface area (Å²) < 4.78 is 4.86. The predicted octanol–water partition coefficient (Wildman–Crippen LogP) is 4.56. The first-order valence-electron chi connectivity index (χ1n) is 7.38. The molecule has 1 aromatic heterocycles. The second-order valence-electron chi connectivity index (χ2n) is 6.85. The van der Waals surface area contributed by atoms with Crippen molar-refractivity contribution < 1.29 is 9.53 Å². The van der Waals surface area contributed by atoms with Gasteiger partial charge in [0.25, 0.3) is 0 Å². The number of hydrogen-bond donors (Lipinski definition) is 0. The fraction of sp³-hybridized carbons (Fsp3) is 0.750. The highest BCUT2D eigenvalue weighted by molar-refractivity contribution is 7.12. The average Bonchev–Trinajstić information content (AvgIpc) is 2.79. The zero-order chi connectivity index (χ0) is 14.9. The number of nitrogens with zero attached hydrogens (tertiary/aromatic N) is 1. The molecule has 1 fully saturated rings. The molecule has 1 aromatic rings. The molecule has 0 amide bonds. The zero-order valence-corrected chi connectivity index (χ0v) is 14.0. The van der Waals surface area contributed by atoms with Crippen molar-refractivity contribution >= 4 is 17.3 Å². The first-order chi connectivity index (χ1) is 9.32. The van der Waals surface area contributed by atoms with Crippen molar-refractivity contribution in [1.29, 1.82) is 0 Å². The van der Waals surface area contributed by atoms with Gasteiger partial charge in [-0.3, -0.25) is 0 Å². The summed E-state index contributed by atoms with van der Waals surface area (Å²) in [6.45, 7) is 8.94. The van der Waals surface area contributed by atoms with Crippen molar-refractivity contribution in [2.75, 3.05) is 7.11 Å². The van der Waals surface area contributed by atoms with Gasteiger partial charge in [-0.1, -0.05) is 20.8 Å². The molecule has 0 aliphatic heterocycles. The van der Waals surface area contributed by atoms with E-state index in [1.165, 1.54) is 20.0 Å². The number of rotatable bonds is 2. The van der Waals surface area contributed by atoms with Crippen LogP contribution in [-0.4, -0.2) is 18.1 Å². The zero-order valence-electron chi connectivity index (χ0n) is 13.2. The maximum Gasteiger partial charge on any atom is 0.357 e. The van der Waals surface area contributed by atoms with E-state index in [2.05, 4.69) is 25.8 Å². The standard InChI is InChI=1S/C16H25NO2S/c1-10-17-13(15(18)19-5)14(20-10)11-6-8-12(9-7-11)16(2,3)4/h11-12H,6-9H2,1-5H3. The van der Waals surface area contributed by atoms with Crippen molar-refractivity contribution in [1.82, 2.24) is 4.98 Å². The molecule has 112 valence electrons. The minimum Gasteiger partial charge on any atom is -0.464 e. The molecule has 1 heterocycles. The topological polar surface area (TPSA) is 39.2 Å². The lowest BCUT2D eigenvalue weighted by atomic mass is 9.69. The van der Waals surface area contributed by atoms with Crippen LogP contribution in [0.4, 0.5) is 0 Å². The Kier molecular flexibility index (Phi) is 4.52. The molecular weight excluding hydrogens is 270 g/mol. The van der Waals surface area contributed by atoms with Crippen molar-refractivity contribution in [3.05, 3.63) is 15.6 Å². The molecule has 0 saturated heterocycles. The summed E-state index contributed by atoms with van der Waals surface area (Å²) >= 11 is 1.66. The Balaban J connectivity index is 2.13. The summed E-state index contributed by atoms with van der Waals surface area (Å²) in [4.78, 5) is 17.3. The van der Waals surface area contributed by atoms with Gasteiger partial charge in [0, 0.05) is 4.88 Å². The smallest absolute Gasteiger partial charge is 0.357 e. The minimum atomic E-state index is -0.290. The second kappa shape index (κ2) is 5.84. The van der Waals surface area contributed by atoms with Gasteiger partial charge in [0.1, 0.15) is 0 Å². The first-order valence-corrected chi connectivity index (χ1v) is 8.20. The molecule has 0 unspecified atom stereocenters. The van der Waals surface area contributed by atoms with Crippen LogP contribution in [0.1, 0.15) is 72.7 Å². The molecule has 4 heteroatoms. The molecule has 1 saturated carbocycles. The summed E-state index contributed by atoms with van der Waals surface area (Å²) in [6.07, 6.45) is 4.80. The molecule has 2 rings (SSSR count). The summed E-state index contributed by atoms with van der Waals surface area (Å²) in [7, 11) is 1.43. The van der Waals surface area contributed by atoms with Gasteiger partial charge in [-0.05, 0) is 49.9 Å². The average molecular weight is 295 g/mol. The predicted molar refractivity (Wildman–Crippen MR) is 82.3 cm³/mol. The number of thiazole rings is 1. The summed E-state index contributed by atoms with van der Waals surface area (Å²) in [5.41, 5.74) is 0.939. The van der Waals surface area contributed by atoms with Crippen LogP contribution in [0.2, 0.25) is 0 Å². The lowest BCUT2D eigenvalue weighted by Crippen LogP contribution is -2.25. The van der Waals surface area contributed by atoms with Gasteiger partial charge < -0.3 is 4.74 Å². The van der Waals surface area contributed by atoms with E-state index in [0.29, 0.717) is 17.0 Å². The second-order valence-corrected chi connectivity index (χ2v) is 8.09. The number of esters is 1. The molecular formula is C16H25NO2S. The molecule has 1 aliphatic carbocycles. The van der Waals surface area contributed by atoms with Crippen LogP contribution in [0.3, 0.4) is 0 Å². The lowest BCUT2D eigenvalue weighted by molar-refractivity contribution is 0.0592. The van der Waals surface area contributed by atoms with Gasteiger partial charge in [-0.2, -0.15) is 0 Å². The van der Waals surface area contributed by atoms with Crippen molar-refractivity contribution in [2.45, 2.75) is 59.3 Å². The fourth-order valence-electron chi connectivity index (χ4n) is 3.18. The normalized spacial score (nSPS) is 23.6. The highest BCUT2D eigenvalue weighted by atomic mass is 32.1. The van der Waals surface area contributed by atoms with Gasteiger partial charge in [0.2, 0.25) is 0 Å².